The maximum Gasteiger partial charge on any atom is 0.187 e. The van der Waals surface area contributed by atoms with Crippen molar-refractivity contribution in [3.8, 4) is 0 Å². The molecule has 0 N–H and O–H groups in total. The van der Waals surface area contributed by atoms with Crippen molar-refractivity contribution >= 4 is 33.3 Å². The van der Waals surface area contributed by atoms with Gasteiger partial charge in [-0.2, -0.15) is 0 Å². The Morgan fingerprint density at radius 3 is 1.19 bits per heavy atom. The molecule has 9 heteroatoms. The molecule has 1 unspecified atom stereocenters. The minimum Gasteiger partial charge on any atom is -0.409 e. The van der Waals surface area contributed by atoms with E-state index in [0.717, 1.165) is 0 Å². The van der Waals surface area contributed by atoms with Crippen molar-refractivity contribution in [3.05, 3.63) is 0 Å². The van der Waals surface area contributed by atoms with Crippen LogP contribution < -0.4 is 0 Å². The van der Waals surface area contributed by atoms with Crippen LogP contribution in [-0.2, 0) is 22.4 Å². The van der Waals surface area contributed by atoms with Gasteiger partial charge in [0, 0.05) is 0 Å². The SMILES string of the molecule is C[C@@H]1OC(O[Si](C)(C)C)[C@@H](O[Si](C)(C)C)[C@H](O[Si](C)(C)C)[C@@H]1O[Si](C)(C)C. The van der Waals surface area contributed by atoms with E-state index in [0.29, 0.717) is 0 Å². The van der Waals surface area contributed by atoms with E-state index in [1.54, 1.807) is 0 Å². The molecule has 0 aromatic rings. The van der Waals surface area contributed by atoms with Crippen molar-refractivity contribution in [1.29, 1.82) is 0 Å². The summed E-state index contributed by atoms with van der Waals surface area (Å²) in [7, 11) is -7.26. The van der Waals surface area contributed by atoms with Crippen molar-refractivity contribution < 1.29 is 22.4 Å². The van der Waals surface area contributed by atoms with E-state index in [-0.39, 0.29) is 24.4 Å². The van der Waals surface area contributed by atoms with Crippen molar-refractivity contribution in [2.24, 2.45) is 0 Å². The van der Waals surface area contributed by atoms with Gasteiger partial charge in [0.05, 0.1) is 12.2 Å². The van der Waals surface area contributed by atoms with Crippen LogP contribution in [0.25, 0.3) is 0 Å². The molecule has 0 bridgehead atoms. The Labute approximate surface area is 172 Å². The molecule has 27 heavy (non-hydrogen) atoms. The van der Waals surface area contributed by atoms with Gasteiger partial charge in [0.1, 0.15) is 12.2 Å². The molecule has 0 amide bonds. The molecular formula is C18H44O5Si4. The van der Waals surface area contributed by atoms with Crippen molar-refractivity contribution in [2.45, 2.75) is 116 Å². The van der Waals surface area contributed by atoms with E-state index in [4.69, 9.17) is 22.4 Å². The van der Waals surface area contributed by atoms with Crippen LogP contribution in [0.3, 0.4) is 0 Å². The molecular weight excluding hydrogens is 409 g/mol. The summed E-state index contributed by atoms with van der Waals surface area (Å²) in [5.74, 6) is 0. The smallest absolute Gasteiger partial charge is 0.187 e. The van der Waals surface area contributed by atoms with Gasteiger partial charge < -0.3 is 22.4 Å². The third-order valence-electron chi connectivity index (χ3n) is 3.67. The second-order valence-corrected chi connectivity index (χ2v) is 29.4. The van der Waals surface area contributed by atoms with Crippen LogP contribution in [0.1, 0.15) is 6.92 Å². The third-order valence-corrected chi connectivity index (χ3v) is 7.54. The Balaban J connectivity index is 3.32. The molecule has 5 nitrogen and oxygen atoms in total. The maximum atomic E-state index is 6.70. The van der Waals surface area contributed by atoms with Crippen molar-refractivity contribution in [2.75, 3.05) is 0 Å². The van der Waals surface area contributed by atoms with Crippen LogP contribution in [-0.4, -0.2) is 64.0 Å². The zero-order valence-electron chi connectivity index (χ0n) is 19.9. The Morgan fingerprint density at radius 1 is 0.481 bits per heavy atom. The fourth-order valence-electron chi connectivity index (χ4n) is 3.06. The molecule has 0 saturated carbocycles. The summed E-state index contributed by atoms with van der Waals surface area (Å²) in [5, 5.41) is 0. The first kappa shape index (κ1) is 25.7. The highest BCUT2D eigenvalue weighted by Gasteiger charge is 2.51. The second-order valence-electron chi connectivity index (χ2n) is 11.5. The first-order chi connectivity index (χ1) is 11.8. The first-order valence-corrected chi connectivity index (χ1v) is 23.8. The number of ether oxygens (including phenoxy) is 1. The molecule has 162 valence electrons. The molecule has 1 fully saturated rings. The van der Waals surface area contributed by atoms with E-state index in [1.807, 2.05) is 0 Å². The van der Waals surface area contributed by atoms with Gasteiger partial charge >= 0.3 is 0 Å². The average molecular weight is 453 g/mol. The van der Waals surface area contributed by atoms with E-state index in [2.05, 4.69) is 85.5 Å². The molecule has 5 atom stereocenters. The lowest BCUT2D eigenvalue weighted by Gasteiger charge is -2.51. The van der Waals surface area contributed by atoms with Crippen LogP contribution in [0.15, 0.2) is 0 Å². The Bertz CT molecular complexity index is 476. The van der Waals surface area contributed by atoms with E-state index in [1.165, 1.54) is 0 Å². The van der Waals surface area contributed by atoms with Gasteiger partial charge in [-0.05, 0) is 85.5 Å². The van der Waals surface area contributed by atoms with Gasteiger partial charge in [0.2, 0.25) is 0 Å². The Hall–Kier alpha value is 0.668. The Morgan fingerprint density at radius 2 is 0.815 bits per heavy atom. The van der Waals surface area contributed by atoms with Crippen molar-refractivity contribution in [1.82, 2.24) is 0 Å². The van der Waals surface area contributed by atoms with Crippen LogP contribution >= 0.6 is 0 Å². The minimum absolute atomic E-state index is 0.0964. The molecule has 0 aromatic heterocycles. The van der Waals surface area contributed by atoms with E-state index in [9.17, 15) is 0 Å². The van der Waals surface area contributed by atoms with Gasteiger partial charge in [0.25, 0.3) is 0 Å². The van der Waals surface area contributed by atoms with Gasteiger partial charge in [-0.1, -0.05) is 0 Å². The monoisotopic (exact) mass is 452 g/mol. The van der Waals surface area contributed by atoms with Crippen LogP contribution in [0.4, 0.5) is 0 Å². The van der Waals surface area contributed by atoms with Crippen LogP contribution in [0, 0.1) is 0 Å². The topological polar surface area (TPSA) is 46.2 Å². The average Bonchev–Trinajstić information content (AvgIpc) is 2.32. The third kappa shape index (κ3) is 9.81. The highest BCUT2D eigenvalue weighted by molar-refractivity contribution is 6.71. The normalized spacial score (nSPS) is 31.2. The molecule has 1 aliphatic rings. The summed E-state index contributed by atoms with van der Waals surface area (Å²) < 4.78 is 32.7. The lowest BCUT2D eigenvalue weighted by atomic mass is 10.0. The highest BCUT2D eigenvalue weighted by atomic mass is 28.4. The molecule has 0 radical (unpaired) electrons. The number of hydrogen-bond acceptors (Lipinski definition) is 5. The second kappa shape index (κ2) is 8.81. The number of rotatable bonds is 8. The minimum atomic E-state index is -1.84. The molecule has 1 rings (SSSR count). The lowest BCUT2D eigenvalue weighted by Crippen LogP contribution is -2.65. The van der Waals surface area contributed by atoms with E-state index >= 15 is 0 Å². The fourth-order valence-corrected chi connectivity index (χ4v) is 7.24. The van der Waals surface area contributed by atoms with Crippen LogP contribution in [0.5, 0.6) is 0 Å². The summed E-state index contributed by atoms with van der Waals surface area (Å²) in [4.78, 5) is 0. The summed E-state index contributed by atoms with van der Waals surface area (Å²) in [6, 6.07) is 0. The molecule has 1 saturated heterocycles. The highest BCUT2D eigenvalue weighted by Crippen LogP contribution is 2.34. The molecule has 0 aromatic carbocycles. The zero-order chi connectivity index (χ0) is 21.4. The lowest BCUT2D eigenvalue weighted by molar-refractivity contribution is -0.259. The van der Waals surface area contributed by atoms with Gasteiger partial charge in [-0.25, -0.2) is 0 Å². The molecule has 0 aliphatic carbocycles. The quantitative estimate of drug-likeness (QED) is 0.471. The molecule has 1 aliphatic heterocycles. The molecule has 1 heterocycles. The van der Waals surface area contributed by atoms with Gasteiger partial charge in [-0.3, -0.25) is 0 Å². The number of hydrogen-bond donors (Lipinski definition) is 0. The predicted molar refractivity (Wildman–Crippen MR) is 123 cm³/mol. The van der Waals surface area contributed by atoms with E-state index < -0.39 is 39.6 Å². The molecule has 0 spiro atoms. The summed E-state index contributed by atoms with van der Waals surface area (Å²) in [5.41, 5.74) is 0. The standard InChI is InChI=1S/C18H44O5Si4/c1-14-15(20-24(2,3)4)16(21-25(5,6)7)17(22-26(8,9)10)18(19-14)23-27(11,12)13/h14-18H,1-13H3/t14-,15+,16+,17-,18?/m0/s1. The summed E-state index contributed by atoms with van der Waals surface area (Å²) in [6.45, 7) is 28.6. The largest absolute Gasteiger partial charge is 0.409 e. The summed E-state index contributed by atoms with van der Waals surface area (Å²) in [6.07, 6.45) is -1.05. The summed E-state index contributed by atoms with van der Waals surface area (Å²) >= 11 is 0. The van der Waals surface area contributed by atoms with Gasteiger partial charge in [-0.15, -0.1) is 0 Å². The predicted octanol–water partition coefficient (Wildman–Crippen LogP) is 5.24. The fraction of sp³-hybridized carbons (Fsp3) is 1.00. The van der Waals surface area contributed by atoms with Crippen molar-refractivity contribution in [3.63, 3.8) is 0 Å². The Kier molecular flexibility index (Phi) is 8.38. The zero-order valence-corrected chi connectivity index (χ0v) is 23.9. The maximum absolute atomic E-state index is 6.70. The first-order valence-electron chi connectivity index (χ1n) is 10.1. The van der Waals surface area contributed by atoms with Gasteiger partial charge in [0.15, 0.2) is 39.6 Å². The van der Waals surface area contributed by atoms with Crippen LogP contribution in [0.2, 0.25) is 78.6 Å².